The summed E-state index contributed by atoms with van der Waals surface area (Å²) in [5.41, 5.74) is 6.10. The van der Waals surface area contributed by atoms with Gasteiger partial charge < -0.3 is 15.8 Å². The molecule has 0 saturated heterocycles. The lowest BCUT2D eigenvalue weighted by atomic mass is 10.1. The minimum Gasteiger partial charge on any atom is -0.465 e. The summed E-state index contributed by atoms with van der Waals surface area (Å²) < 4.78 is 18.0. The van der Waals surface area contributed by atoms with Crippen molar-refractivity contribution < 1.29 is 18.7 Å². The number of esters is 1. The van der Waals surface area contributed by atoms with Gasteiger partial charge in [-0.2, -0.15) is 0 Å². The van der Waals surface area contributed by atoms with Gasteiger partial charge in [0.1, 0.15) is 12.4 Å². The van der Waals surface area contributed by atoms with Gasteiger partial charge in [0.25, 0.3) is 5.91 Å². The second-order valence-electron chi connectivity index (χ2n) is 3.66. The molecular weight excluding hydrogens is 239 g/mol. The molecule has 0 atom stereocenters. The molecule has 0 bridgehead atoms. The van der Waals surface area contributed by atoms with E-state index in [0.717, 1.165) is 6.07 Å². The average molecular weight is 254 g/mol. The Hall–Kier alpha value is -2.11. The van der Waals surface area contributed by atoms with Crippen molar-refractivity contribution in [1.29, 1.82) is 0 Å². The summed E-state index contributed by atoms with van der Waals surface area (Å²) in [5, 5.41) is 2.32. The highest BCUT2D eigenvalue weighted by molar-refractivity contribution is 5.96. The minimum atomic E-state index is -0.575. The largest absolute Gasteiger partial charge is 0.465 e. The van der Waals surface area contributed by atoms with E-state index in [1.807, 2.05) is 0 Å². The maximum Gasteiger partial charge on any atom is 0.325 e. The van der Waals surface area contributed by atoms with Crippen molar-refractivity contribution in [2.45, 2.75) is 13.8 Å². The Balaban J connectivity index is 2.70. The van der Waals surface area contributed by atoms with Crippen LogP contribution in [-0.2, 0) is 9.53 Å². The van der Waals surface area contributed by atoms with E-state index in [0.29, 0.717) is 0 Å². The molecule has 1 rings (SSSR count). The highest BCUT2D eigenvalue weighted by Crippen LogP contribution is 2.17. The molecule has 0 radical (unpaired) electrons. The molecule has 0 aliphatic carbocycles. The molecule has 0 aliphatic heterocycles. The van der Waals surface area contributed by atoms with Gasteiger partial charge in [0.05, 0.1) is 6.61 Å². The van der Waals surface area contributed by atoms with Crippen molar-refractivity contribution in [3.05, 3.63) is 29.1 Å². The fourth-order valence-corrected chi connectivity index (χ4v) is 1.30. The number of anilines is 1. The first-order valence-electron chi connectivity index (χ1n) is 5.45. The van der Waals surface area contributed by atoms with Gasteiger partial charge in [-0.25, -0.2) is 4.39 Å². The van der Waals surface area contributed by atoms with Crippen LogP contribution in [0.15, 0.2) is 12.1 Å². The smallest absolute Gasteiger partial charge is 0.325 e. The van der Waals surface area contributed by atoms with Gasteiger partial charge in [-0.3, -0.25) is 9.59 Å². The van der Waals surface area contributed by atoms with Gasteiger partial charge in [0, 0.05) is 16.8 Å². The van der Waals surface area contributed by atoms with E-state index < -0.39 is 17.7 Å². The second-order valence-corrected chi connectivity index (χ2v) is 3.66. The number of amides is 1. The highest BCUT2D eigenvalue weighted by Gasteiger charge is 2.12. The zero-order valence-corrected chi connectivity index (χ0v) is 10.2. The summed E-state index contributed by atoms with van der Waals surface area (Å²) in [5.74, 6) is -1.68. The van der Waals surface area contributed by atoms with Crippen LogP contribution in [0.5, 0.6) is 0 Å². The maximum absolute atomic E-state index is 13.4. The van der Waals surface area contributed by atoms with Gasteiger partial charge in [-0.1, -0.05) is 0 Å². The molecule has 0 saturated carbocycles. The Morgan fingerprint density at radius 3 is 2.67 bits per heavy atom. The monoisotopic (exact) mass is 254 g/mol. The molecule has 0 spiro atoms. The zero-order valence-electron chi connectivity index (χ0n) is 10.2. The summed E-state index contributed by atoms with van der Waals surface area (Å²) in [6, 6.07) is 2.44. The summed E-state index contributed by atoms with van der Waals surface area (Å²) in [6.07, 6.45) is 0. The van der Waals surface area contributed by atoms with Gasteiger partial charge in [-0.15, -0.1) is 0 Å². The Morgan fingerprint density at radius 2 is 2.11 bits per heavy atom. The van der Waals surface area contributed by atoms with Crippen LogP contribution in [0.2, 0.25) is 0 Å². The minimum absolute atomic E-state index is 0.0694. The molecule has 18 heavy (non-hydrogen) atoms. The number of carbonyl (C=O) groups is 2. The van der Waals surface area contributed by atoms with Crippen LogP contribution in [0.3, 0.4) is 0 Å². The molecule has 5 nitrogen and oxygen atoms in total. The zero-order chi connectivity index (χ0) is 13.7. The first-order valence-corrected chi connectivity index (χ1v) is 5.45. The number of benzene rings is 1. The molecule has 0 heterocycles. The van der Waals surface area contributed by atoms with Crippen molar-refractivity contribution in [2.24, 2.45) is 0 Å². The van der Waals surface area contributed by atoms with Crippen LogP contribution >= 0.6 is 0 Å². The van der Waals surface area contributed by atoms with E-state index in [4.69, 9.17) is 5.73 Å². The van der Waals surface area contributed by atoms with E-state index in [-0.39, 0.29) is 30.0 Å². The lowest BCUT2D eigenvalue weighted by Crippen LogP contribution is -2.30. The highest BCUT2D eigenvalue weighted by atomic mass is 19.1. The van der Waals surface area contributed by atoms with Crippen LogP contribution < -0.4 is 11.1 Å². The Morgan fingerprint density at radius 1 is 1.44 bits per heavy atom. The predicted octanol–water partition coefficient (Wildman–Crippen LogP) is 1.01. The molecule has 1 aromatic rings. The van der Waals surface area contributed by atoms with Crippen LogP contribution in [0, 0.1) is 12.7 Å². The summed E-state index contributed by atoms with van der Waals surface area (Å²) in [6.45, 7) is 3.16. The number of hydrogen-bond acceptors (Lipinski definition) is 4. The quantitative estimate of drug-likeness (QED) is 0.620. The van der Waals surface area contributed by atoms with Crippen LogP contribution in [0.4, 0.5) is 10.1 Å². The third-order valence-electron chi connectivity index (χ3n) is 2.35. The van der Waals surface area contributed by atoms with Crippen LogP contribution in [0.1, 0.15) is 22.8 Å². The van der Waals surface area contributed by atoms with Gasteiger partial charge in [0.2, 0.25) is 0 Å². The lowest BCUT2D eigenvalue weighted by Gasteiger charge is -2.07. The number of ether oxygens (including phenoxy) is 1. The maximum atomic E-state index is 13.4. The molecule has 3 N–H and O–H groups in total. The summed E-state index contributed by atoms with van der Waals surface area (Å²) >= 11 is 0. The molecule has 0 unspecified atom stereocenters. The third-order valence-corrected chi connectivity index (χ3v) is 2.35. The predicted molar refractivity (Wildman–Crippen MR) is 64.5 cm³/mol. The molecule has 0 fully saturated rings. The van der Waals surface area contributed by atoms with Gasteiger partial charge in [0.15, 0.2) is 0 Å². The average Bonchev–Trinajstić information content (AvgIpc) is 2.32. The number of nitrogens with two attached hydrogens (primary N) is 1. The standard InChI is InChI=1S/C12H15FN2O3/c1-3-18-11(16)6-15-12(17)8-4-9(13)7(2)10(14)5-8/h4-5H,3,6,14H2,1-2H3,(H,15,17). The van der Waals surface area contributed by atoms with E-state index in [2.05, 4.69) is 10.1 Å². The van der Waals surface area contributed by atoms with E-state index in [9.17, 15) is 14.0 Å². The molecule has 98 valence electrons. The Labute approximate surface area is 104 Å². The number of rotatable bonds is 4. The first-order chi connectivity index (χ1) is 8.45. The number of nitrogen functional groups attached to an aromatic ring is 1. The lowest BCUT2D eigenvalue weighted by molar-refractivity contribution is -0.141. The molecule has 0 aliphatic rings. The molecule has 1 amide bonds. The first kappa shape index (κ1) is 14.0. The molecule has 1 aromatic carbocycles. The van der Waals surface area contributed by atoms with E-state index >= 15 is 0 Å². The number of halogens is 1. The number of nitrogens with one attached hydrogen (secondary N) is 1. The molecule has 0 aromatic heterocycles. The Kier molecular flexibility index (Phi) is 4.65. The summed E-state index contributed by atoms with van der Waals surface area (Å²) in [4.78, 5) is 22.7. The summed E-state index contributed by atoms with van der Waals surface area (Å²) in [7, 11) is 0. The van der Waals surface area contributed by atoms with E-state index in [1.54, 1.807) is 6.92 Å². The molecular formula is C12H15FN2O3. The van der Waals surface area contributed by atoms with Crippen molar-refractivity contribution in [3.8, 4) is 0 Å². The number of carbonyl (C=O) groups excluding carboxylic acids is 2. The van der Waals surface area contributed by atoms with Crippen molar-refractivity contribution in [1.82, 2.24) is 5.32 Å². The van der Waals surface area contributed by atoms with Crippen molar-refractivity contribution in [3.63, 3.8) is 0 Å². The Bertz CT molecular complexity index is 451. The van der Waals surface area contributed by atoms with Crippen molar-refractivity contribution in [2.75, 3.05) is 18.9 Å². The van der Waals surface area contributed by atoms with Crippen LogP contribution in [-0.4, -0.2) is 25.0 Å². The number of hydrogen-bond donors (Lipinski definition) is 2. The van der Waals surface area contributed by atoms with Crippen LogP contribution in [0.25, 0.3) is 0 Å². The van der Waals surface area contributed by atoms with E-state index in [1.165, 1.54) is 13.0 Å². The normalized spacial score (nSPS) is 9.94. The van der Waals surface area contributed by atoms with Gasteiger partial charge in [-0.05, 0) is 26.0 Å². The third kappa shape index (κ3) is 3.44. The topological polar surface area (TPSA) is 81.4 Å². The SMILES string of the molecule is CCOC(=O)CNC(=O)c1cc(N)c(C)c(F)c1. The fraction of sp³-hybridized carbons (Fsp3) is 0.333. The van der Waals surface area contributed by atoms with Crippen molar-refractivity contribution >= 4 is 17.6 Å². The second kappa shape index (κ2) is 6.00. The molecule has 6 heteroatoms. The van der Waals surface area contributed by atoms with Gasteiger partial charge >= 0.3 is 5.97 Å². The fourth-order valence-electron chi connectivity index (χ4n) is 1.30.